The maximum atomic E-state index is 13.3. The number of nitrogens with one attached hydrogen (secondary N) is 1. The highest BCUT2D eigenvalue weighted by Crippen LogP contribution is 2.29. The van der Waals surface area contributed by atoms with Crippen molar-refractivity contribution in [3.63, 3.8) is 0 Å². The maximum absolute atomic E-state index is 13.3. The van der Waals surface area contributed by atoms with Gasteiger partial charge < -0.3 is 4.98 Å². The van der Waals surface area contributed by atoms with Crippen LogP contribution in [0.25, 0.3) is 11.3 Å². The summed E-state index contributed by atoms with van der Waals surface area (Å²) in [5, 5.41) is 9.59. The Labute approximate surface area is 117 Å². The first-order valence-corrected chi connectivity index (χ1v) is 6.71. The van der Waals surface area contributed by atoms with Crippen LogP contribution in [0.1, 0.15) is 5.56 Å². The molecule has 1 N–H and O–H groups in total. The van der Waals surface area contributed by atoms with E-state index < -0.39 is 11.4 Å². The molecule has 1 aromatic carbocycles. The number of hydrogen-bond donors (Lipinski definition) is 1. The van der Waals surface area contributed by atoms with Crippen LogP contribution in [0.4, 0.5) is 4.39 Å². The van der Waals surface area contributed by atoms with Crippen molar-refractivity contribution in [1.29, 1.82) is 5.26 Å². The van der Waals surface area contributed by atoms with Crippen molar-refractivity contribution in [2.45, 2.75) is 5.16 Å². The molecule has 1 aromatic heterocycles. The van der Waals surface area contributed by atoms with Gasteiger partial charge in [0, 0.05) is 5.56 Å². The molecule has 0 unspecified atom stereocenters. The predicted octanol–water partition coefficient (Wildman–Crippen LogP) is 2.82. The second-order valence-electron chi connectivity index (χ2n) is 3.53. The number of hydrogen-bond acceptors (Lipinski definition) is 4. The van der Waals surface area contributed by atoms with E-state index in [9.17, 15) is 9.18 Å². The molecule has 0 saturated heterocycles. The van der Waals surface area contributed by atoms with Crippen molar-refractivity contribution < 1.29 is 4.39 Å². The molecule has 0 aliphatic rings. The zero-order valence-electron chi connectivity index (χ0n) is 9.70. The van der Waals surface area contributed by atoms with Crippen molar-refractivity contribution in [2.75, 3.05) is 6.26 Å². The van der Waals surface area contributed by atoms with Gasteiger partial charge in [0.15, 0.2) is 5.16 Å². The monoisotopic (exact) mass is 295 g/mol. The average Bonchev–Trinajstić information content (AvgIpc) is 2.40. The zero-order chi connectivity index (χ0) is 14.0. The van der Waals surface area contributed by atoms with Crippen molar-refractivity contribution in [1.82, 2.24) is 9.97 Å². The Morgan fingerprint density at radius 1 is 1.53 bits per heavy atom. The number of rotatable bonds is 2. The molecule has 2 aromatic rings. The van der Waals surface area contributed by atoms with Crippen LogP contribution in [0.3, 0.4) is 0 Å². The number of nitriles is 1. The molecule has 0 aliphatic heterocycles. The predicted molar refractivity (Wildman–Crippen MR) is 71.8 cm³/mol. The third-order valence-corrected chi connectivity index (χ3v) is 3.30. The second-order valence-corrected chi connectivity index (χ2v) is 4.74. The van der Waals surface area contributed by atoms with Crippen LogP contribution in [0.15, 0.2) is 28.2 Å². The lowest BCUT2D eigenvalue weighted by Gasteiger charge is -2.07. The van der Waals surface area contributed by atoms with E-state index in [1.165, 1.54) is 23.9 Å². The molecule has 0 aliphatic carbocycles. The zero-order valence-corrected chi connectivity index (χ0v) is 11.3. The molecule has 0 spiro atoms. The van der Waals surface area contributed by atoms with Crippen LogP contribution in [-0.2, 0) is 0 Å². The van der Waals surface area contributed by atoms with E-state index in [1.54, 1.807) is 12.3 Å². The lowest BCUT2D eigenvalue weighted by molar-refractivity contribution is 0.628. The van der Waals surface area contributed by atoms with Gasteiger partial charge in [0.25, 0.3) is 5.56 Å². The van der Waals surface area contributed by atoms with E-state index in [2.05, 4.69) is 9.97 Å². The third-order valence-electron chi connectivity index (χ3n) is 2.39. The number of halogens is 2. The fourth-order valence-corrected chi connectivity index (χ4v) is 2.11. The van der Waals surface area contributed by atoms with Gasteiger partial charge in [-0.15, -0.1) is 0 Å². The fourth-order valence-electron chi connectivity index (χ4n) is 1.53. The minimum absolute atomic E-state index is 0.0834. The molecule has 0 saturated carbocycles. The first-order chi connectivity index (χ1) is 9.06. The molecular formula is C12H7ClFN3OS. The Hall–Kier alpha value is -1.84. The Bertz CT molecular complexity index is 739. The van der Waals surface area contributed by atoms with Crippen LogP contribution < -0.4 is 5.56 Å². The summed E-state index contributed by atoms with van der Waals surface area (Å²) < 4.78 is 13.3. The summed E-state index contributed by atoms with van der Waals surface area (Å²) in [5.74, 6) is -0.518. The lowest BCUT2D eigenvalue weighted by Crippen LogP contribution is -2.14. The number of aromatic nitrogens is 2. The molecule has 0 fully saturated rings. The highest BCUT2D eigenvalue weighted by molar-refractivity contribution is 7.98. The SMILES string of the molecule is CSc1nc(-c2cc(F)ccc2Cl)c(C#N)c(=O)[nH]1. The smallest absolute Gasteiger partial charge is 0.270 e. The lowest BCUT2D eigenvalue weighted by atomic mass is 10.1. The second kappa shape index (κ2) is 5.43. The van der Waals surface area contributed by atoms with Gasteiger partial charge in [-0.25, -0.2) is 9.37 Å². The van der Waals surface area contributed by atoms with Crippen molar-refractivity contribution in [2.24, 2.45) is 0 Å². The summed E-state index contributed by atoms with van der Waals surface area (Å²) in [4.78, 5) is 18.3. The summed E-state index contributed by atoms with van der Waals surface area (Å²) in [6, 6.07) is 5.46. The molecular weight excluding hydrogens is 289 g/mol. The maximum Gasteiger partial charge on any atom is 0.270 e. The van der Waals surface area contributed by atoms with E-state index in [1.807, 2.05) is 0 Å². The van der Waals surface area contributed by atoms with E-state index >= 15 is 0 Å². The molecule has 19 heavy (non-hydrogen) atoms. The molecule has 2 rings (SSSR count). The summed E-state index contributed by atoms with van der Waals surface area (Å²) in [5.41, 5.74) is -0.456. The summed E-state index contributed by atoms with van der Waals surface area (Å²) >= 11 is 7.18. The van der Waals surface area contributed by atoms with Crippen molar-refractivity contribution in [3.05, 3.63) is 45.0 Å². The Morgan fingerprint density at radius 2 is 2.26 bits per heavy atom. The third kappa shape index (κ3) is 2.62. The van der Waals surface area contributed by atoms with E-state index in [0.29, 0.717) is 5.16 Å². The molecule has 7 heteroatoms. The highest BCUT2D eigenvalue weighted by Gasteiger charge is 2.16. The van der Waals surface area contributed by atoms with E-state index in [4.69, 9.17) is 16.9 Å². The van der Waals surface area contributed by atoms with Gasteiger partial charge >= 0.3 is 0 Å². The van der Waals surface area contributed by atoms with Crippen LogP contribution in [0, 0.1) is 17.1 Å². The van der Waals surface area contributed by atoms with Gasteiger partial charge in [0.05, 0.1) is 10.7 Å². The molecule has 0 atom stereocenters. The molecule has 0 radical (unpaired) electrons. The number of nitrogens with zero attached hydrogens (tertiary/aromatic N) is 2. The molecule has 4 nitrogen and oxygen atoms in total. The van der Waals surface area contributed by atoms with Gasteiger partial charge in [0.2, 0.25) is 0 Å². The van der Waals surface area contributed by atoms with Crippen molar-refractivity contribution >= 4 is 23.4 Å². The topological polar surface area (TPSA) is 69.5 Å². The fraction of sp³-hybridized carbons (Fsp3) is 0.0833. The number of H-pyrrole nitrogens is 1. The minimum Gasteiger partial charge on any atom is -0.300 e. The molecule has 96 valence electrons. The van der Waals surface area contributed by atoms with Crippen molar-refractivity contribution in [3.8, 4) is 17.3 Å². The Balaban J connectivity index is 2.81. The molecule has 0 bridgehead atoms. The first kappa shape index (κ1) is 13.6. The van der Waals surface area contributed by atoms with Crippen LogP contribution in [0.5, 0.6) is 0 Å². The Morgan fingerprint density at radius 3 is 2.89 bits per heavy atom. The largest absolute Gasteiger partial charge is 0.300 e. The quantitative estimate of drug-likeness (QED) is 0.683. The van der Waals surface area contributed by atoms with Gasteiger partial charge in [-0.2, -0.15) is 5.26 Å². The normalized spacial score (nSPS) is 10.2. The van der Waals surface area contributed by atoms with Crippen LogP contribution >= 0.6 is 23.4 Å². The number of thioether (sulfide) groups is 1. The van der Waals surface area contributed by atoms with E-state index in [0.717, 1.165) is 6.07 Å². The minimum atomic E-state index is -0.572. The first-order valence-electron chi connectivity index (χ1n) is 5.10. The standard InChI is InChI=1S/C12H7ClFN3OS/c1-19-12-16-10(8(5-15)11(18)17-12)7-4-6(14)2-3-9(7)13/h2-4H,1H3,(H,16,17,18). The molecule has 0 amide bonds. The van der Waals surface area contributed by atoms with Gasteiger partial charge in [-0.1, -0.05) is 23.4 Å². The van der Waals surface area contributed by atoms with Gasteiger partial charge in [0.1, 0.15) is 17.4 Å². The molecule has 1 heterocycles. The highest BCUT2D eigenvalue weighted by atomic mass is 35.5. The van der Waals surface area contributed by atoms with Gasteiger partial charge in [-0.3, -0.25) is 4.79 Å². The van der Waals surface area contributed by atoms with Gasteiger partial charge in [-0.05, 0) is 24.5 Å². The Kier molecular flexibility index (Phi) is 3.88. The van der Waals surface area contributed by atoms with Crippen LogP contribution in [-0.4, -0.2) is 16.2 Å². The summed E-state index contributed by atoms with van der Waals surface area (Å²) in [7, 11) is 0. The van der Waals surface area contributed by atoms with E-state index in [-0.39, 0.29) is 21.8 Å². The summed E-state index contributed by atoms with van der Waals surface area (Å²) in [6.45, 7) is 0. The summed E-state index contributed by atoms with van der Waals surface area (Å²) in [6.07, 6.45) is 1.72. The average molecular weight is 296 g/mol. The number of benzene rings is 1. The van der Waals surface area contributed by atoms with Crippen LogP contribution in [0.2, 0.25) is 5.02 Å². The number of aromatic amines is 1.